The van der Waals surface area contributed by atoms with E-state index < -0.39 is 22.1 Å². The Bertz CT molecular complexity index is 1450. The number of hydrogen-bond donors (Lipinski definition) is 1. The molecule has 0 fully saturated rings. The van der Waals surface area contributed by atoms with Crippen LogP contribution in [0, 0.1) is 12.7 Å². The van der Waals surface area contributed by atoms with Gasteiger partial charge in [0, 0.05) is 24.7 Å². The molecule has 0 aliphatic carbocycles. The third-order valence-electron chi connectivity index (χ3n) is 6.18. The van der Waals surface area contributed by atoms with Gasteiger partial charge in [0.25, 0.3) is 15.9 Å². The first kappa shape index (κ1) is 27.2. The number of carboxylic acid groups (broad SMARTS) is 1. The minimum absolute atomic E-state index is 0.00411. The van der Waals surface area contributed by atoms with Crippen molar-refractivity contribution in [2.24, 2.45) is 0 Å². The monoisotopic (exact) mass is 543 g/mol. The number of ether oxygens (including phenoxy) is 2. The molecule has 11 heteroatoms. The second-order valence-electron chi connectivity index (χ2n) is 8.83. The first-order valence-electron chi connectivity index (χ1n) is 12.3. The van der Waals surface area contributed by atoms with E-state index in [-0.39, 0.29) is 48.3 Å². The van der Waals surface area contributed by atoms with Gasteiger partial charge in [0.2, 0.25) is 0 Å². The molecule has 0 bridgehead atoms. The molecule has 0 radical (unpaired) electrons. The Balaban J connectivity index is 1.77. The van der Waals surface area contributed by atoms with Crippen molar-refractivity contribution < 1.29 is 32.2 Å². The van der Waals surface area contributed by atoms with E-state index in [1.807, 2.05) is 6.92 Å². The highest BCUT2D eigenvalue weighted by atomic mass is 32.2. The van der Waals surface area contributed by atoms with Gasteiger partial charge >= 0.3 is 5.97 Å². The number of fused-ring (bicyclic) bond motifs is 1. The molecule has 202 valence electrons. The second-order valence-corrected chi connectivity index (χ2v) is 10.7. The number of anilines is 1. The highest BCUT2D eigenvalue weighted by Crippen LogP contribution is 2.40. The fourth-order valence-corrected chi connectivity index (χ4v) is 5.79. The number of aromatic nitrogens is 2. The van der Waals surface area contributed by atoms with Gasteiger partial charge < -0.3 is 14.6 Å². The predicted molar refractivity (Wildman–Crippen MR) is 141 cm³/mol. The summed E-state index contributed by atoms with van der Waals surface area (Å²) in [5.41, 5.74) is 2.13. The molecule has 0 saturated carbocycles. The van der Waals surface area contributed by atoms with Crippen molar-refractivity contribution in [3.63, 3.8) is 0 Å². The first-order chi connectivity index (χ1) is 18.1. The topological polar surface area (TPSA) is 111 Å². The number of benzene rings is 2. The summed E-state index contributed by atoms with van der Waals surface area (Å²) in [6.45, 7) is 5.96. The van der Waals surface area contributed by atoms with E-state index in [4.69, 9.17) is 14.6 Å². The normalized spacial score (nSPS) is 15.4. The van der Waals surface area contributed by atoms with Crippen LogP contribution in [0.3, 0.4) is 0 Å². The van der Waals surface area contributed by atoms with E-state index >= 15 is 0 Å². The Hall–Kier alpha value is -3.86. The summed E-state index contributed by atoms with van der Waals surface area (Å²) in [5, 5.41) is 13.4. The standard InChI is InChI=1S/C27H30FN3O6S/c1-4-30-17-25(27(29-30)36-5-2)38(34,35)31-16-20(11-14-26(32)33)37-24-13-10-19(15-23(24)31)9-12-21-18(3)7-6-8-22(21)28/h6-10,12-13,15,17,20H,4-5,11,14,16H2,1-3H3,(H,32,33)/b12-9+/t20-/m0/s1. The minimum atomic E-state index is -4.17. The summed E-state index contributed by atoms with van der Waals surface area (Å²) < 4.78 is 56.5. The fourth-order valence-electron chi connectivity index (χ4n) is 4.21. The van der Waals surface area contributed by atoms with E-state index in [9.17, 15) is 17.6 Å². The molecule has 0 unspecified atom stereocenters. The summed E-state index contributed by atoms with van der Waals surface area (Å²) in [4.78, 5) is 11.1. The Morgan fingerprint density at radius 1 is 1.26 bits per heavy atom. The molecule has 1 aliphatic rings. The van der Waals surface area contributed by atoms with Gasteiger partial charge in [-0.05, 0) is 56.5 Å². The fraction of sp³-hybridized carbons (Fsp3) is 0.333. The summed E-state index contributed by atoms with van der Waals surface area (Å²) in [6, 6.07) is 9.84. The number of hydrogen-bond acceptors (Lipinski definition) is 6. The molecule has 4 rings (SSSR count). The molecule has 2 heterocycles. The number of carboxylic acids is 1. The summed E-state index contributed by atoms with van der Waals surface area (Å²) in [6.07, 6.45) is 4.05. The lowest BCUT2D eigenvalue weighted by atomic mass is 10.1. The van der Waals surface area contributed by atoms with E-state index in [0.29, 0.717) is 23.4 Å². The maximum Gasteiger partial charge on any atom is 0.303 e. The van der Waals surface area contributed by atoms with Crippen molar-refractivity contribution in [1.29, 1.82) is 0 Å². The molecule has 1 aliphatic heterocycles. The lowest BCUT2D eigenvalue weighted by Crippen LogP contribution is -2.43. The van der Waals surface area contributed by atoms with Crippen LogP contribution >= 0.6 is 0 Å². The smallest absolute Gasteiger partial charge is 0.303 e. The van der Waals surface area contributed by atoms with Crippen LogP contribution < -0.4 is 13.8 Å². The number of halogens is 1. The van der Waals surface area contributed by atoms with Crippen molar-refractivity contribution in [3.05, 3.63) is 65.1 Å². The molecule has 0 spiro atoms. The van der Waals surface area contributed by atoms with Crippen molar-refractivity contribution in [1.82, 2.24) is 9.78 Å². The third kappa shape index (κ3) is 5.67. The number of aryl methyl sites for hydroxylation is 2. The summed E-state index contributed by atoms with van der Waals surface area (Å²) in [7, 11) is -4.17. The predicted octanol–water partition coefficient (Wildman–Crippen LogP) is 4.74. The Morgan fingerprint density at radius 2 is 2.05 bits per heavy atom. The van der Waals surface area contributed by atoms with Crippen molar-refractivity contribution >= 4 is 33.8 Å². The Morgan fingerprint density at radius 3 is 2.74 bits per heavy atom. The molecule has 1 atom stereocenters. The number of rotatable bonds is 10. The average Bonchev–Trinajstić information content (AvgIpc) is 3.31. The molecular weight excluding hydrogens is 513 g/mol. The quantitative estimate of drug-likeness (QED) is 0.368. The van der Waals surface area contributed by atoms with Gasteiger partial charge in [-0.25, -0.2) is 12.8 Å². The molecule has 0 saturated heterocycles. The molecule has 3 aromatic rings. The number of nitrogens with zero attached hydrogens (tertiary/aromatic N) is 3. The van der Waals surface area contributed by atoms with Crippen LogP contribution in [0.4, 0.5) is 10.1 Å². The number of sulfonamides is 1. The molecule has 2 aromatic carbocycles. The van der Waals surface area contributed by atoms with Gasteiger partial charge in [-0.15, -0.1) is 5.10 Å². The van der Waals surface area contributed by atoms with E-state index in [1.54, 1.807) is 56.3 Å². The van der Waals surface area contributed by atoms with Gasteiger partial charge in [-0.1, -0.05) is 30.4 Å². The van der Waals surface area contributed by atoms with E-state index in [2.05, 4.69) is 5.10 Å². The van der Waals surface area contributed by atoms with Crippen LogP contribution in [0.2, 0.25) is 0 Å². The molecular formula is C27H30FN3O6S. The van der Waals surface area contributed by atoms with Crippen LogP contribution in [0.15, 0.2) is 47.5 Å². The molecule has 9 nitrogen and oxygen atoms in total. The van der Waals surface area contributed by atoms with Gasteiger partial charge in [-0.3, -0.25) is 13.8 Å². The zero-order valence-electron chi connectivity index (χ0n) is 21.4. The van der Waals surface area contributed by atoms with Crippen LogP contribution in [0.25, 0.3) is 12.2 Å². The summed E-state index contributed by atoms with van der Waals surface area (Å²) in [5.74, 6) is -1.06. The third-order valence-corrected chi connectivity index (χ3v) is 7.94. The first-order valence-corrected chi connectivity index (χ1v) is 13.8. The maximum absolute atomic E-state index is 14.3. The van der Waals surface area contributed by atoms with Gasteiger partial charge in [0.1, 0.15) is 17.7 Å². The highest BCUT2D eigenvalue weighted by molar-refractivity contribution is 7.93. The second kappa shape index (κ2) is 11.3. The zero-order chi connectivity index (χ0) is 27.4. The Labute approximate surface area is 221 Å². The van der Waals surface area contributed by atoms with E-state index in [0.717, 1.165) is 5.56 Å². The van der Waals surface area contributed by atoms with Gasteiger partial charge in [0.05, 0.1) is 18.8 Å². The zero-order valence-corrected chi connectivity index (χ0v) is 22.2. The molecule has 1 aromatic heterocycles. The lowest BCUT2D eigenvalue weighted by Gasteiger charge is -2.35. The van der Waals surface area contributed by atoms with Crippen molar-refractivity contribution in [2.45, 2.75) is 51.2 Å². The van der Waals surface area contributed by atoms with E-state index in [1.165, 1.54) is 21.3 Å². The average molecular weight is 544 g/mol. The largest absolute Gasteiger partial charge is 0.486 e. The highest BCUT2D eigenvalue weighted by Gasteiger charge is 2.37. The van der Waals surface area contributed by atoms with Crippen molar-refractivity contribution in [2.75, 3.05) is 17.5 Å². The lowest BCUT2D eigenvalue weighted by molar-refractivity contribution is -0.137. The van der Waals surface area contributed by atoms with Gasteiger partial charge in [-0.2, -0.15) is 0 Å². The molecule has 38 heavy (non-hydrogen) atoms. The molecule has 0 amide bonds. The number of aliphatic carboxylic acids is 1. The Kier molecular flexibility index (Phi) is 8.05. The minimum Gasteiger partial charge on any atom is -0.486 e. The number of carbonyl (C=O) groups is 1. The van der Waals surface area contributed by atoms with Gasteiger partial charge in [0.15, 0.2) is 4.90 Å². The van der Waals surface area contributed by atoms with Crippen LogP contribution in [0.5, 0.6) is 11.6 Å². The van der Waals surface area contributed by atoms with Crippen molar-refractivity contribution in [3.8, 4) is 11.6 Å². The van der Waals surface area contributed by atoms with Crippen LogP contribution in [-0.4, -0.2) is 48.5 Å². The SMILES string of the molecule is CCOc1nn(CC)cc1S(=O)(=O)N1C[C@H](CCC(=O)O)Oc2ccc(/C=C/c3c(C)cccc3F)cc21. The summed E-state index contributed by atoms with van der Waals surface area (Å²) >= 11 is 0. The van der Waals surface area contributed by atoms with Crippen LogP contribution in [-0.2, 0) is 21.4 Å². The molecule has 1 N–H and O–H groups in total. The van der Waals surface area contributed by atoms with Crippen LogP contribution in [0.1, 0.15) is 43.4 Å². The maximum atomic E-state index is 14.3.